The van der Waals surface area contributed by atoms with E-state index >= 15 is 0 Å². The van der Waals surface area contributed by atoms with E-state index < -0.39 is 0 Å². The number of carbonyl (C=O) groups excluding carboxylic acids is 1. The Hall–Kier alpha value is -1.37. The molecule has 14 heavy (non-hydrogen) atoms. The molecule has 1 nitrogen and oxygen atoms in total. The maximum atomic E-state index is 11.9. The van der Waals surface area contributed by atoms with E-state index in [9.17, 15) is 4.79 Å². The number of hydrogen-bond donors (Lipinski definition) is 0. The number of Topliss-reactive ketones (excluding diaryl/α,β-unsaturated/α-hetero) is 1. The van der Waals surface area contributed by atoms with Crippen LogP contribution < -0.4 is 0 Å². The number of ketones is 1. The summed E-state index contributed by atoms with van der Waals surface area (Å²) in [6.07, 6.45) is 4.92. The van der Waals surface area contributed by atoms with Crippen molar-refractivity contribution in [3.05, 3.63) is 47.0 Å². The number of rotatable bonds is 1. The Labute approximate surface area is 84.5 Å². The van der Waals surface area contributed by atoms with Crippen LogP contribution in [0.4, 0.5) is 0 Å². The molecule has 0 bridgehead atoms. The van der Waals surface area contributed by atoms with Crippen LogP contribution in [0.25, 0.3) is 0 Å². The molecule has 1 aliphatic carbocycles. The first-order chi connectivity index (χ1) is 6.83. The Balaban J connectivity index is 2.41. The highest BCUT2D eigenvalue weighted by atomic mass is 16.1. The molecule has 1 heteroatoms. The molecule has 72 valence electrons. The van der Waals surface area contributed by atoms with E-state index in [-0.39, 0.29) is 5.78 Å². The summed E-state index contributed by atoms with van der Waals surface area (Å²) in [5.41, 5.74) is 3.09. The second-order valence-corrected chi connectivity index (χ2v) is 3.62. The van der Waals surface area contributed by atoms with Gasteiger partial charge in [-0.25, -0.2) is 0 Å². The average molecular weight is 186 g/mol. The quantitative estimate of drug-likeness (QED) is 0.616. The molecule has 0 amide bonds. The third kappa shape index (κ3) is 1.50. The third-order valence-electron chi connectivity index (χ3n) is 2.67. The molecule has 0 N–H and O–H groups in total. The van der Waals surface area contributed by atoms with Crippen LogP contribution >= 0.6 is 0 Å². The lowest BCUT2D eigenvalue weighted by Crippen LogP contribution is -2.13. The third-order valence-corrected chi connectivity index (χ3v) is 2.67. The van der Waals surface area contributed by atoms with E-state index in [4.69, 9.17) is 0 Å². The molecular weight excluding hydrogens is 172 g/mol. The molecule has 0 atom stereocenters. The van der Waals surface area contributed by atoms with Crippen molar-refractivity contribution in [2.75, 3.05) is 0 Å². The van der Waals surface area contributed by atoms with Gasteiger partial charge in [0.1, 0.15) is 0 Å². The smallest absolute Gasteiger partial charge is 0.188 e. The summed E-state index contributed by atoms with van der Waals surface area (Å²) >= 11 is 0. The highest BCUT2D eigenvalue weighted by Gasteiger charge is 2.20. The number of hydrogen-bond acceptors (Lipinski definition) is 1. The predicted molar refractivity (Wildman–Crippen MR) is 57.5 cm³/mol. The fraction of sp³-hybridized carbons (Fsp3) is 0.308. The molecule has 0 radical (unpaired) electrons. The molecule has 0 unspecified atom stereocenters. The number of carbonyl (C=O) groups is 1. The van der Waals surface area contributed by atoms with Gasteiger partial charge in [0.15, 0.2) is 5.78 Å². The van der Waals surface area contributed by atoms with Crippen LogP contribution in [0.5, 0.6) is 0 Å². The summed E-state index contributed by atoms with van der Waals surface area (Å²) in [6.45, 7) is 2.07. The molecule has 2 rings (SSSR count). The van der Waals surface area contributed by atoms with E-state index in [0.29, 0.717) is 0 Å². The molecule has 0 fully saturated rings. The molecular formula is C13H14O. The molecule has 0 aliphatic heterocycles. The normalized spacial score (nSPS) is 18.4. The maximum Gasteiger partial charge on any atom is 0.188 e. The molecule has 0 saturated carbocycles. The molecule has 0 spiro atoms. The van der Waals surface area contributed by atoms with Crippen LogP contribution in [0.2, 0.25) is 0 Å². The highest BCUT2D eigenvalue weighted by molar-refractivity contribution is 6.10. The van der Waals surface area contributed by atoms with E-state index in [1.54, 1.807) is 0 Å². The van der Waals surface area contributed by atoms with Gasteiger partial charge in [-0.1, -0.05) is 37.3 Å². The van der Waals surface area contributed by atoms with Gasteiger partial charge in [-0.15, -0.1) is 0 Å². The van der Waals surface area contributed by atoms with Crippen molar-refractivity contribution >= 4 is 5.78 Å². The van der Waals surface area contributed by atoms with Crippen molar-refractivity contribution in [1.82, 2.24) is 0 Å². The highest BCUT2D eigenvalue weighted by Crippen LogP contribution is 2.24. The van der Waals surface area contributed by atoms with Gasteiger partial charge < -0.3 is 0 Å². The molecule has 0 saturated heterocycles. The first-order valence-electron chi connectivity index (χ1n) is 5.14. The second kappa shape index (κ2) is 3.79. The standard InChI is InChI=1S/C13H14O/c1-2-5-11-9-8-10-6-3-4-7-12(10)13(11)14/h3-7H,2,8-9H2,1H3/b11-5+. The minimum Gasteiger partial charge on any atom is -0.289 e. The zero-order chi connectivity index (χ0) is 9.97. The zero-order valence-corrected chi connectivity index (χ0v) is 8.42. The van der Waals surface area contributed by atoms with Crippen LogP contribution in [0.3, 0.4) is 0 Å². The van der Waals surface area contributed by atoms with E-state index in [0.717, 1.165) is 30.4 Å². The number of aryl methyl sites for hydroxylation is 1. The van der Waals surface area contributed by atoms with Crippen molar-refractivity contribution in [2.45, 2.75) is 26.2 Å². The van der Waals surface area contributed by atoms with Crippen LogP contribution in [-0.2, 0) is 6.42 Å². The van der Waals surface area contributed by atoms with Crippen LogP contribution in [0.15, 0.2) is 35.9 Å². The van der Waals surface area contributed by atoms with Crippen molar-refractivity contribution in [3.63, 3.8) is 0 Å². The topological polar surface area (TPSA) is 17.1 Å². The first-order valence-corrected chi connectivity index (χ1v) is 5.14. The van der Waals surface area contributed by atoms with Gasteiger partial charge in [0, 0.05) is 5.56 Å². The van der Waals surface area contributed by atoms with Gasteiger partial charge in [0.25, 0.3) is 0 Å². The minimum atomic E-state index is 0.230. The Morgan fingerprint density at radius 2 is 2.07 bits per heavy atom. The Morgan fingerprint density at radius 1 is 1.29 bits per heavy atom. The zero-order valence-electron chi connectivity index (χ0n) is 8.42. The molecule has 1 aromatic carbocycles. The van der Waals surface area contributed by atoms with Crippen molar-refractivity contribution in [3.8, 4) is 0 Å². The SMILES string of the molecule is CC/C=C1\CCc2ccccc2C1=O. The Morgan fingerprint density at radius 3 is 2.86 bits per heavy atom. The van der Waals surface area contributed by atoms with Crippen LogP contribution in [-0.4, -0.2) is 5.78 Å². The monoisotopic (exact) mass is 186 g/mol. The van der Waals surface area contributed by atoms with Crippen molar-refractivity contribution < 1.29 is 4.79 Å². The van der Waals surface area contributed by atoms with E-state index in [1.807, 2.05) is 18.2 Å². The average Bonchev–Trinajstić information content (AvgIpc) is 2.23. The second-order valence-electron chi connectivity index (χ2n) is 3.62. The van der Waals surface area contributed by atoms with E-state index in [2.05, 4.69) is 19.1 Å². The predicted octanol–water partition coefficient (Wildman–Crippen LogP) is 3.15. The fourth-order valence-electron chi connectivity index (χ4n) is 1.96. The van der Waals surface area contributed by atoms with Crippen molar-refractivity contribution in [1.29, 1.82) is 0 Å². The molecule has 0 heterocycles. The van der Waals surface area contributed by atoms with E-state index in [1.165, 1.54) is 5.56 Å². The summed E-state index contributed by atoms with van der Waals surface area (Å²) in [6, 6.07) is 7.92. The molecule has 1 aromatic rings. The fourth-order valence-corrected chi connectivity index (χ4v) is 1.96. The lowest BCUT2D eigenvalue weighted by atomic mass is 9.86. The maximum absolute atomic E-state index is 11.9. The number of allylic oxidation sites excluding steroid dienone is 2. The Kier molecular flexibility index (Phi) is 2.49. The molecule has 1 aliphatic rings. The summed E-state index contributed by atoms with van der Waals surface area (Å²) < 4.78 is 0. The summed E-state index contributed by atoms with van der Waals surface area (Å²) in [4.78, 5) is 11.9. The summed E-state index contributed by atoms with van der Waals surface area (Å²) in [5.74, 6) is 0.230. The lowest BCUT2D eigenvalue weighted by molar-refractivity contribution is 0.102. The minimum absolute atomic E-state index is 0.230. The number of fused-ring (bicyclic) bond motifs is 1. The largest absolute Gasteiger partial charge is 0.289 e. The van der Waals surface area contributed by atoms with Gasteiger partial charge >= 0.3 is 0 Å². The van der Waals surface area contributed by atoms with Crippen molar-refractivity contribution in [2.24, 2.45) is 0 Å². The molecule has 0 aromatic heterocycles. The lowest BCUT2D eigenvalue weighted by Gasteiger charge is -2.16. The van der Waals surface area contributed by atoms with Gasteiger partial charge in [-0.05, 0) is 30.4 Å². The van der Waals surface area contributed by atoms with Gasteiger partial charge in [0.05, 0.1) is 0 Å². The Bertz CT molecular complexity index is 388. The van der Waals surface area contributed by atoms with Crippen LogP contribution in [0.1, 0.15) is 35.7 Å². The van der Waals surface area contributed by atoms with Crippen LogP contribution in [0, 0.1) is 0 Å². The van der Waals surface area contributed by atoms with Gasteiger partial charge in [-0.3, -0.25) is 4.79 Å². The van der Waals surface area contributed by atoms with Gasteiger partial charge in [0.2, 0.25) is 0 Å². The summed E-state index contributed by atoms with van der Waals surface area (Å²) in [5, 5.41) is 0. The number of benzene rings is 1. The first kappa shape index (κ1) is 9.20. The van der Waals surface area contributed by atoms with Gasteiger partial charge in [-0.2, -0.15) is 0 Å². The summed E-state index contributed by atoms with van der Waals surface area (Å²) in [7, 11) is 0.